The van der Waals surface area contributed by atoms with Gasteiger partial charge in [-0.15, -0.1) is 0 Å². The molecule has 0 N–H and O–H groups in total. The van der Waals surface area contributed by atoms with E-state index in [2.05, 4.69) is 149 Å². The lowest BCUT2D eigenvalue weighted by molar-refractivity contribution is 0.666. The zero-order chi connectivity index (χ0) is 28.1. The number of aromatic nitrogens is 2. The van der Waals surface area contributed by atoms with Gasteiger partial charge in [-0.25, -0.2) is 0 Å². The highest BCUT2D eigenvalue weighted by Crippen LogP contribution is 2.43. The van der Waals surface area contributed by atoms with Crippen LogP contribution in [0.15, 0.2) is 150 Å². The third kappa shape index (κ3) is 2.98. The van der Waals surface area contributed by atoms with Crippen LogP contribution in [0.2, 0.25) is 0 Å². The number of furan rings is 1. The minimum absolute atomic E-state index is 0.908. The Hall–Kier alpha value is -5.80. The largest absolute Gasteiger partial charge is 0.454 e. The summed E-state index contributed by atoms with van der Waals surface area (Å²) in [6, 6.07) is 52.2. The van der Waals surface area contributed by atoms with E-state index < -0.39 is 0 Å². The summed E-state index contributed by atoms with van der Waals surface area (Å²) in [4.78, 5) is 0. The molecule has 0 radical (unpaired) electrons. The van der Waals surface area contributed by atoms with Gasteiger partial charge in [0.25, 0.3) is 0 Å². The minimum atomic E-state index is 0.908. The first-order valence-electron chi connectivity index (χ1n) is 14.7. The molecular weight excluding hydrogens is 524 g/mol. The van der Waals surface area contributed by atoms with E-state index in [9.17, 15) is 0 Å². The van der Waals surface area contributed by atoms with Gasteiger partial charge in [0.15, 0.2) is 5.58 Å². The zero-order valence-corrected chi connectivity index (χ0v) is 23.2. The predicted octanol–water partition coefficient (Wildman–Crippen LogP) is 10.9. The summed E-state index contributed by atoms with van der Waals surface area (Å²) in [5.74, 6) is 0. The second kappa shape index (κ2) is 8.37. The summed E-state index contributed by atoms with van der Waals surface area (Å²) in [7, 11) is 0. The van der Waals surface area contributed by atoms with E-state index in [0.29, 0.717) is 0 Å². The topological polar surface area (TPSA) is 23.0 Å². The van der Waals surface area contributed by atoms with Crippen LogP contribution < -0.4 is 0 Å². The molecule has 0 saturated heterocycles. The Morgan fingerprint density at radius 3 is 1.86 bits per heavy atom. The molecule has 0 aliphatic heterocycles. The van der Waals surface area contributed by atoms with Crippen molar-refractivity contribution in [3.8, 4) is 11.4 Å². The zero-order valence-electron chi connectivity index (χ0n) is 23.2. The molecular formula is C40H24N2O. The Morgan fingerprint density at radius 2 is 1.00 bits per heavy atom. The molecule has 0 spiro atoms. The smallest absolute Gasteiger partial charge is 0.159 e. The Kier molecular flexibility index (Phi) is 4.45. The van der Waals surface area contributed by atoms with Crippen LogP contribution >= 0.6 is 0 Å². The van der Waals surface area contributed by atoms with E-state index >= 15 is 0 Å². The van der Waals surface area contributed by atoms with Gasteiger partial charge in [-0.2, -0.15) is 0 Å². The van der Waals surface area contributed by atoms with Gasteiger partial charge in [-0.1, -0.05) is 103 Å². The first-order valence-corrected chi connectivity index (χ1v) is 14.7. The van der Waals surface area contributed by atoms with E-state index in [1.165, 1.54) is 60.1 Å². The van der Waals surface area contributed by atoms with Crippen LogP contribution in [0.5, 0.6) is 0 Å². The van der Waals surface area contributed by atoms with Crippen molar-refractivity contribution < 1.29 is 4.42 Å². The molecule has 3 nitrogen and oxygen atoms in total. The summed E-state index contributed by atoms with van der Waals surface area (Å²) < 4.78 is 11.3. The predicted molar refractivity (Wildman–Crippen MR) is 180 cm³/mol. The number of rotatable bonds is 2. The average Bonchev–Trinajstić information content (AvgIpc) is 3.73. The molecule has 3 heterocycles. The summed E-state index contributed by atoms with van der Waals surface area (Å²) in [6.45, 7) is 0. The van der Waals surface area contributed by atoms with Crippen molar-refractivity contribution in [2.45, 2.75) is 0 Å². The summed E-state index contributed by atoms with van der Waals surface area (Å²) in [5, 5.41) is 9.79. The summed E-state index contributed by atoms with van der Waals surface area (Å²) in [6.07, 6.45) is 0. The molecule has 0 aliphatic carbocycles. The molecule has 0 saturated carbocycles. The van der Waals surface area contributed by atoms with E-state index in [1.807, 2.05) is 6.07 Å². The van der Waals surface area contributed by atoms with E-state index in [1.54, 1.807) is 0 Å². The van der Waals surface area contributed by atoms with Crippen LogP contribution in [0.25, 0.3) is 87.7 Å². The average molecular weight is 549 g/mol. The fourth-order valence-electron chi connectivity index (χ4n) is 7.35. The fraction of sp³-hybridized carbons (Fsp3) is 0. The molecule has 200 valence electrons. The maximum absolute atomic E-state index is 6.52. The lowest BCUT2D eigenvalue weighted by Crippen LogP contribution is -1.95. The van der Waals surface area contributed by atoms with Gasteiger partial charge in [0.2, 0.25) is 0 Å². The number of para-hydroxylation sites is 5. The minimum Gasteiger partial charge on any atom is -0.454 e. The summed E-state index contributed by atoms with van der Waals surface area (Å²) >= 11 is 0. The lowest BCUT2D eigenvalue weighted by Gasteiger charge is -2.11. The van der Waals surface area contributed by atoms with Crippen LogP contribution in [0.3, 0.4) is 0 Å². The molecule has 0 unspecified atom stereocenters. The first kappa shape index (κ1) is 22.8. The van der Waals surface area contributed by atoms with E-state index in [-0.39, 0.29) is 0 Å². The van der Waals surface area contributed by atoms with Gasteiger partial charge in [0.05, 0.1) is 27.8 Å². The number of hydrogen-bond acceptors (Lipinski definition) is 1. The third-order valence-corrected chi connectivity index (χ3v) is 9.10. The van der Waals surface area contributed by atoms with Crippen LogP contribution in [0.4, 0.5) is 0 Å². The first-order chi connectivity index (χ1) is 21.4. The van der Waals surface area contributed by atoms with E-state index in [0.717, 1.165) is 27.6 Å². The maximum Gasteiger partial charge on any atom is 0.159 e. The van der Waals surface area contributed by atoms with Crippen molar-refractivity contribution >= 4 is 76.3 Å². The highest BCUT2D eigenvalue weighted by Gasteiger charge is 2.21. The number of nitrogens with zero attached hydrogens (tertiary/aromatic N) is 2. The molecule has 0 aliphatic rings. The van der Waals surface area contributed by atoms with Crippen molar-refractivity contribution in [1.82, 2.24) is 9.13 Å². The second-order valence-electron chi connectivity index (χ2n) is 11.3. The lowest BCUT2D eigenvalue weighted by atomic mass is 10.0. The van der Waals surface area contributed by atoms with Gasteiger partial charge in [0.1, 0.15) is 5.58 Å². The van der Waals surface area contributed by atoms with Crippen molar-refractivity contribution in [3.05, 3.63) is 146 Å². The SMILES string of the molecule is c1ccc(-n2c3ccccc3c3ccc4c(ccc5c4c4ccccc4n5-c4cccc5c4oc4ccccc45)c32)cc1. The normalized spacial score (nSPS) is 12.2. The standard InChI is InChI=1S/C40H24N2O/c1-2-11-25(12-3-1)41-33-17-7-4-13-26(33)29-22-21-28-30(39(29)41)23-24-35-38(28)32-15-5-8-18-34(32)42(35)36-19-10-16-31-27-14-6-9-20-37(27)43-40(31)36/h1-24H. The van der Waals surface area contributed by atoms with Gasteiger partial charge >= 0.3 is 0 Å². The van der Waals surface area contributed by atoms with Gasteiger partial charge in [0, 0.05) is 43.4 Å². The molecule has 7 aromatic carbocycles. The van der Waals surface area contributed by atoms with Crippen molar-refractivity contribution in [2.24, 2.45) is 0 Å². The summed E-state index contributed by atoms with van der Waals surface area (Å²) in [5.41, 5.74) is 8.83. The molecule has 0 atom stereocenters. The highest BCUT2D eigenvalue weighted by atomic mass is 16.3. The molecule has 0 amide bonds. The Morgan fingerprint density at radius 1 is 0.372 bits per heavy atom. The van der Waals surface area contributed by atoms with E-state index in [4.69, 9.17) is 4.42 Å². The van der Waals surface area contributed by atoms with Crippen LogP contribution in [0.1, 0.15) is 0 Å². The molecule has 3 aromatic heterocycles. The van der Waals surface area contributed by atoms with Crippen LogP contribution in [-0.2, 0) is 0 Å². The molecule has 0 fully saturated rings. The third-order valence-electron chi connectivity index (χ3n) is 9.10. The van der Waals surface area contributed by atoms with Crippen LogP contribution in [-0.4, -0.2) is 9.13 Å². The Labute approximate surface area is 246 Å². The Balaban J connectivity index is 1.38. The van der Waals surface area contributed by atoms with Gasteiger partial charge in [-0.05, 0) is 47.9 Å². The number of hydrogen-bond donors (Lipinski definition) is 0. The fourth-order valence-corrected chi connectivity index (χ4v) is 7.35. The monoisotopic (exact) mass is 548 g/mol. The van der Waals surface area contributed by atoms with Gasteiger partial charge < -0.3 is 13.6 Å². The second-order valence-corrected chi connectivity index (χ2v) is 11.3. The van der Waals surface area contributed by atoms with Crippen LogP contribution in [0, 0.1) is 0 Å². The molecule has 10 rings (SSSR count). The molecule has 0 bridgehead atoms. The van der Waals surface area contributed by atoms with Gasteiger partial charge in [-0.3, -0.25) is 0 Å². The maximum atomic E-state index is 6.52. The number of fused-ring (bicyclic) bond motifs is 12. The highest BCUT2D eigenvalue weighted by molar-refractivity contribution is 6.28. The molecule has 10 aromatic rings. The molecule has 43 heavy (non-hydrogen) atoms. The quantitative estimate of drug-likeness (QED) is 0.211. The number of benzene rings is 7. The van der Waals surface area contributed by atoms with Crippen molar-refractivity contribution in [3.63, 3.8) is 0 Å². The molecule has 3 heteroatoms. The Bertz CT molecular complexity index is 2720. The van der Waals surface area contributed by atoms with Crippen molar-refractivity contribution in [1.29, 1.82) is 0 Å². The van der Waals surface area contributed by atoms with Crippen molar-refractivity contribution in [2.75, 3.05) is 0 Å².